The van der Waals surface area contributed by atoms with E-state index in [0.29, 0.717) is 4.31 Å². The molecular weight excluding hydrogens is 505 g/mol. The maximum absolute atomic E-state index is 13.0. The van der Waals surface area contributed by atoms with Crippen molar-refractivity contribution in [2.75, 3.05) is 12.3 Å². The number of alkyl halides is 3. The molecule has 0 aliphatic carbocycles. The molecule has 0 spiro atoms. The van der Waals surface area contributed by atoms with Gasteiger partial charge in [0, 0.05) is 25.0 Å². The van der Waals surface area contributed by atoms with Crippen molar-refractivity contribution in [3.63, 3.8) is 0 Å². The Morgan fingerprint density at radius 3 is 2.35 bits per heavy atom. The minimum absolute atomic E-state index is 0.0622. The molecule has 1 aliphatic heterocycles. The number of nitrogen functional groups attached to an aromatic ring is 1. The highest BCUT2D eigenvalue weighted by Crippen LogP contribution is 2.29. The summed E-state index contributed by atoms with van der Waals surface area (Å²) >= 11 is 0. The minimum atomic E-state index is -4.97. The Hall–Kier alpha value is -2.95. The van der Waals surface area contributed by atoms with Crippen LogP contribution in [0.2, 0.25) is 0 Å². The van der Waals surface area contributed by atoms with Crippen LogP contribution in [0.15, 0.2) is 52.5 Å². The number of benzene rings is 1. The van der Waals surface area contributed by atoms with E-state index in [2.05, 4.69) is 14.4 Å². The van der Waals surface area contributed by atoms with E-state index in [9.17, 15) is 39.9 Å². The van der Waals surface area contributed by atoms with Crippen molar-refractivity contribution in [3.8, 4) is 5.75 Å². The number of sulfonamides is 2. The number of hydrogen-bond acceptors (Lipinski definition) is 8. The number of carbonyl (C=O) groups is 1. The molecule has 0 unspecified atom stereocenters. The molecule has 0 bridgehead atoms. The zero-order valence-corrected chi connectivity index (χ0v) is 18.8. The Morgan fingerprint density at radius 1 is 1.15 bits per heavy atom. The van der Waals surface area contributed by atoms with Gasteiger partial charge in [-0.2, -0.15) is 4.31 Å². The number of halogens is 3. The van der Waals surface area contributed by atoms with Crippen molar-refractivity contribution in [3.05, 3.63) is 42.7 Å². The Kier molecular flexibility index (Phi) is 7.07. The van der Waals surface area contributed by atoms with Crippen LogP contribution in [0, 0.1) is 0 Å². The molecule has 16 heteroatoms. The number of rotatable bonds is 7. The lowest BCUT2D eigenvalue weighted by molar-refractivity contribution is -0.274. The van der Waals surface area contributed by atoms with Gasteiger partial charge in [-0.15, -0.1) is 13.2 Å². The van der Waals surface area contributed by atoms with Crippen molar-refractivity contribution in [2.45, 2.75) is 41.1 Å². The molecule has 1 fully saturated rings. The van der Waals surface area contributed by atoms with Crippen LogP contribution in [0.4, 0.5) is 18.9 Å². The number of aliphatic carboxylic acids is 1. The normalized spacial score (nSPS) is 20.1. The summed E-state index contributed by atoms with van der Waals surface area (Å²) in [6.45, 7) is -0.359. The molecule has 1 aromatic heterocycles. The van der Waals surface area contributed by atoms with Gasteiger partial charge in [-0.3, -0.25) is 9.78 Å². The van der Waals surface area contributed by atoms with E-state index < -0.39 is 61.5 Å². The summed E-state index contributed by atoms with van der Waals surface area (Å²) in [5, 5.41) is 9.61. The van der Waals surface area contributed by atoms with Gasteiger partial charge in [0.15, 0.2) is 0 Å². The molecule has 34 heavy (non-hydrogen) atoms. The smallest absolute Gasteiger partial charge is 0.480 e. The Bertz CT molecular complexity index is 1270. The van der Waals surface area contributed by atoms with Crippen LogP contribution < -0.4 is 15.2 Å². The lowest BCUT2D eigenvalue weighted by Gasteiger charge is -2.36. The fourth-order valence-electron chi connectivity index (χ4n) is 3.38. The summed E-state index contributed by atoms with van der Waals surface area (Å²) in [4.78, 5) is 14.8. The number of piperidine rings is 1. The number of nitrogens with two attached hydrogens (primary N) is 1. The highest BCUT2D eigenvalue weighted by molar-refractivity contribution is 7.89. The summed E-state index contributed by atoms with van der Waals surface area (Å²) in [7, 11) is -8.55. The summed E-state index contributed by atoms with van der Waals surface area (Å²) in [5.74, 6) is -2.17. The molecule has 1 aromatic carbocycles. The monoisotopic (exact) mass is 524 g/mol. The number of hydrogen-bond donors (Lipinski definition) is 3. The first kappa shape index (κ1) is 25.7. The van der Waals surface area contributed by atoms with E-state index in [1.165, 1.54) is 6.20 Å². The Morgan fingerprint density at radius 2 is 1.79 bits per heavy atom. The fraction of sp³-hybridized carbons (Fsp3) is 0.333. The first-order valence-electron chi connectivity index (χ1n) is 9.52. The molecule has 0 amide bonds. The van der Waals surface area contributed by atoms with Gasteiger partial charge in [-0.05, 0) is 43.2 Å². The van der Waals surface area contributed by atoms with Crippen LogP contribution in [0.5, 0.6) is 5.75 Å². The topological polar surface area (TPSA) is 169 Å². The number of pyridine rings is 1. The third-order valence-electron chi connectivity index (χ3n) is 4.87. The van der Waals surface area contributed by atoms with Crippen molar-refractivity contribution >= 4 is 31.7 Å². The molecule has 4 N–H and O–H groups in total. The molecule has 2 aromatic rings. The van der Waals surface area contributed by atoms with Crippen LogP contribution in [0.1, 0.15) is 12.8 Å². The van der Waals surface area contributed by atoms with Crippen LogP contribution in [-0.4, -0.2) is 62.2 Å². The predicted octanol–water partition coefficient (Wildman–Crippen LogP) is 1.15. The number of anilines is 1. The van der Waals surface area contributed by atoms with E-state index in [1.54, 1.807) is 0 Å². The van der Waals surface area contributed by atoms with Gasteiger partial charge < -0.3 is 15.6 Å². The van der Waals surface area contributed by atoms with E-state index in [-0.39, 0.29) is 23.5 Å². The molecular formula is C18H19F3N4O7S2. The first-order chi connectivity index (χ1) is 15.7. The van der Waals surface area contributed by atoms with Gasteiger partial charge in [-0.1, -0.05) is 0 Å². The zero-order valence-electron chi connectivity index (χ0n) is 17.1. The van der Waals surface area contributed by atoms with Crippen molar-refractivity contribution < 1.29 is 44.6 Å². The molecule has 1 saturated heterocycles. The number of nitrogens with zero attached hydrogens (tertiary/aromatic N) is 2. The number of nitrogens with one attached hydrogen (secondary N) is 1. The fourth-order valence-corrected chi connectivity index (χ4v) is 6.27. The molecule has 11 nitrogen and oxygen atoms in total. The third kappa shape index (κ3) is 5.94. The highest BCUT2D eigenvalue weighted by Gasteiger charge is 2.42. The number of aromatic nitrogens is 1. The summed E-state index contributed by atoms with van der Waals surface area (Å²) in [5.41, 5.74) is 5.64. The second-order valence-electron chi connectivity index (χ2n) is 7.29. The van der Waals surface area contributed by atoms with Gasteiger partial charge >= 0.3 is 12.3 Å². The first-order valence-corrected chi connectivity index (χ1v) is 12.4. The van der Waals surface area contributed by atoms with Crippen LogP contribution >= 0.6 is 0 Å². The Labute approximate surface area is 192 Å². The number of carboxylic acids is 1. The highest BCUT2D eigenvalue weighted by atomic mass is 32.2. The molecule has 0 saturated carbocycles. The minimum Gasteiger partial charge on any atom is -0.480 e. The van der Waals surface area contributed by atoms with E-state index in [0.717, 1.165) is 36.5 Å². The second-order valence-corrected chi connectivity index (χ2v) is 10.9. The molecule has 2 atom stereocenters. The lowest BCUT2D eigenvalue weighted by Crippen LogP contribution is -2.54. The molecule has 3 rings (SSSR count). The maximum Gasteiger partial charge on any atom is 0.573 e. The maximum atomic E-state index is 13.0. The van der Waals surface area contributed by atoms with E-state index in [1.807, 2.05) is 0 Å². The number of carboxylic acid groups (broad SMARTS) is 1. The summed E-state index contributed by atoms with van der Waals surface area (Å²) in [6.07, 6.45) is -3.12. The average Bonchev–Trinajstić information content (AvgIpc) is 2.72. The van der Waals surface area contributed by atoms with E-state index in [4.69, 9.17) is 5.73 Å². The van der Waals surface area contributed by atoms with Crippen molar-refractivity contribution in [1.29, 1.82) is 0 Å². The molecule has 1 aliphatic rings. The summed E-state index contributed by atoms with van der Waals surface area (Å²) < 4.78 is 94.8. The van der Waals surface area contributed by atoms with Crippen molar-refractivity contribution in [1.82, 2.24) is 14.0 Å². The largest absolute Gasteiger partial charge is 0.573 e. The molecule has 2 heterocycles. The summed E-state index contributed by atoms with van der Waals surface area (Å²) in [6, 6.07) is 1.91. The predicted molar refractivity (Wildman–Crippen MR) is 110 cm³/mol. The van der Waals surface area contributed by atoms with Crippen molar-refractivity contribution in [2.24, 2.45) is 0 Å². The van der Waals surface area contributed by atoms with Crippen LogP contribution in [0.3, 0.4) is 0 Å². The number of ether oxygens (including phenoxy) is 1. The van der Waals surface area contributed by atoms with Gasteiger partial charge in [0.25, 0.3) is 0 Å². The third-order valence-corrected chi connectivity index (χ3v) is 8.28. The Balaban J connectivity index is 1.79. The van der Waals surface area contributed by atoms with Crippen LogP contribution in [0.25, 0.3) is 0 Å². The van der Waals surface area contributed by atoms with Crippen LogP contribution in [-0.2, 0) is 24.8 Å². The SMILES string of the molecule is Nc1cncc(S(=O)(=O)N[C@@H]2CCN(S(=O)(=O)c3ccc(OC(F)(F)F)cc3)[C@@H](C(=O)O)C2)c1. The van der Waals surface area contributed by atoms with E-state index >= 15 is 0 Å². The van der Waals surface area contributed by atoms with Gasteiger partial charge in [-0.25, -0.2) is 21.6 Å². The zero-order chi connectivity index (χ0) is 25.3. The standard InChI is InChI=1S/C18H19F3N4O7S2/c19-18(20,21)32-13-1-3-14(4-2-13)34(30,31)25-6-5-12(8-16(25)17(26)27)24-33(28,29)15-7-11(22)9-23-10-15/h1-4,7,9-10,12,16,24H,5-6,8,22H2,(H,26,27)/t12-,16-/m1/s1. The second kappa shape index (κ2) is 9.36. The van der Waals surface area contributed by atoms with Gasteiger partial charge in [0.05, 0.1) is 10.6 Å². The molecule has 186 valence electrons. The average molecular weight is 524 g/mol. The quantitative estimate of drug-likeness (QED) is 0.481. The van der Waals surface area contributed by atoms with Gasteiger partial charge in [0.2, 0.25) is 20.0 Å². The lowest BCUT2D eigenvalue weighted by atomic mass is 10.0. The molecule has 0 radical (unpaired) electrons. The van der Waals surface area contributed by atoms with Gasteiger partial charge in [0.1, 0.15) is 16.7 Å².